The molecular formula is C25H20O. The number of hydrogen-bond donors (Lipinski definition) is 1. The first-order valence-electron chi connectivity index (χ1n) is 8.81. The largest absolute Gasteiger partial charge is 0.392 e. The lowest BCUT2D eigenvalue weighted by Crippen LogP contribution is -1.96. The molecule has 0 bridgehead atoms. The Morgan fingerprint density at radius 2 is 0.846 bits per heavy atom. The molecule has 0 aliphatic carbocycles. The average molecular weight is 336 g/mol. The number of aliphatic hydroxyl groups excluding tert-OH is 1. The minimum atomic E-state index is 0.00350. The Balaban J connectivity index is 2.01. The second-order valence-corrected chi connectivity index (χ2v) is 6.31. The van der Waals surface area contributed by atoms with Gasteiger partial charge in [0.25, 0.3) is 0 Å². The number of rotatable bonds is 4. The van der Waals surface area contributed by atoms with Crippen molar-refractivity contribution in [1.29, 1.82) is 0 Å². The van der Waals surface area contributed by atoms with Crippen LogP contribution in [0.3, 0.4) is 0 Å². The maximum Gasteiger partial charge on any atom is 0.0693 e. The van der Waals surface area contributed by atoms with E-state index in [0.29, 0.717) is 0 Å². The first kappa shape index (κ1) is 16.3. The van der Waals surface area contributed by atoms with Gasteiger partial charge in [0.2, 0.25) is 0 Å². The first-order chi connectivity index (χ1) is 12.9. The van der Waals surface area contributed by atoms with E-state index in [-0.39, 0.29) is 6.61 Å². The molecule has 0 saturated carbocycles. The van der Waals surface area contributed by atoms with Crippen LogP contribution in [0.2, 0.25) is 0 Å². The molecule has 0 radical (unpaired) electrons. The molecule has 1 heteroatoms. The third kappa shape index (κ3) is 3.17. The topological polar surface area (TPSA) is 20.2 Å². The van der Waals surface area contributed by atoms with Gasteiger partial charge in [-0.05, 0) is 51.1 Å². The molecule has 0 fully saturated rings. The smallest absolute Gasteiger partial charge is 0.0693 e. The van der Waals surface area contributed by atoms with Gasteiger partial charge >= 0.3 is 0 Å². The summed E-state index contributed by atoms with van der Waals surface area (Å²) in [6, 6.07) is 35.3. The Labute approximate surface area is 154 Å². The summed E-state index contributed by atoms with van der Waals surface area (Å²) >= 11 is 0. The molecule has 0 amide bonds. The van der Waals surface area contributed by atoms with Gasteiger partial charge in [0, 0.05) is 0 Å². The first-order valence-corrected chi connectivity index (χ1v) is 8.81. The minimum Gasteiger partial charge on any atom is -0.392 e. The highest BCUT2D eigenvalue weighted by Gasteiger charge is 2.14. The van der Waals surface area contributed by atoms with Gasteiger partial charge in [-0.2, -0.15) is 0 Å². The fraction of sp³-hybridized carbons (Fsp3) is 0.0400. The van der Waals surface area contributed by atoms with Crippen molar-refractivity contribution in [2.75, 3.05) is 0 Å². The second-order valence-electron chi connectivity index (χ2n) is 6.31. The molecule has 4 aromatic rings. The average Bonchev–Trinajstić information content (AvgIpc) is 2.74. The van der Waals surface area contributed by atoms with Gasteiger partial charge in [0.05, 0.1) is 6.61 Å². The van der Waals surface area contributed by atoms with Crippen LogP contribution in [0.4, 0.5) is 0 Å². The van der Waals surface area contributed by atoms with E-state index < -0.39 is 0 Å². The Hall–Kier alpha value is -3.16. The molecule has 0 spiro atoms. The number of hydrogen-bond acceptors (Lipinski definition) is 1. The van der Waals surface area contributed by atoms with Crippen molar-refractivity contribution in [1.82, 2.24) is 0 Å². The lowest BCUT2D eigenvalue weighted by Gasteiger charge is -2.17. The van der Waals surface area contributed by atoms with Crippen molar-refractivity contribution in [2.24, 2.45) is 0 Å². The summed E-state index contributed by atoms with van der Waals surface area (Å²) in [6.07, 6.45) is 0. The van der Waals surface area contributed by atoms with E-state index >= 15 is 0 Å². The van der Waals surface area contributed by atoms with E-state index in [1.165, 1.54) is 5.56 Å². The van der Waals surface area contributed by atoms with Crippen LogP contribution < -0.4 is 0 Å². The highest BCUT2D eigenvalue weighted by Crippen LogP contribution is 2.37. The molecule has 1 N–H and O–H groups in total. The standard InChI is InChI=1S/C25H20O/c26-18-25-23(20-12-6-2-7-13-20)16-22(19-10-4-1-5-11-19)17-24(25)21-14-8-3-9-15-21/h1-17,26H,18H2. The molecule has 0 atom stereocenters. The van der Waals surface area contributed by atoms with Crippen LogP contribution in [-0.2, 0) is 6.61 Å². The lowest BCUT2D eigenvalue weighted by molar-refractivity contribution is 0.283. The molecule has 1 nitrogen and oxygen atoms in total. The van der Waals surface area contributed by atoms with Crippen molar-refractivity contribution in [3.05, 3.63) is 109 Å². The van der Waals surface area contributed by atoms with Gasteiger partial charge < -0.3 is 5.11 Å². The monoisotopic (exact) mass is 336 g/mol. The molecule has 0 aliphatic heterocycles. The minimum absolute atomic E-state index is 0.00350. The summed E-state index contributed by atoms with van der Waals surface area (Å²) in [7, 11) is 0. The van der Waals surface area contributed by atoms with E-state index in [1.807, 2.05) is 42.5 Å². The number of benzene rings is 4. The van der Waals surface area contributed by atoms with Crippen molar-refractivity contribution < 1.29 is 5.11 Å². The highest BCUT2D eigenvalue weighted by atomic mass is 16.3. The van der Waals surface area contributed by atoms with Crippen LogP contribution in [0.15, 0.2) is 103 Å². The Kier molecular flexibility index (Phi) is 4.63. The summed E-state index contributed by atoms with van der Waals surface area (Å²) in [5, 5.41) is 10.2. The quantitative estimate of drug-likeness (QED) is 0.472. The van der Waals surface area contributed by atoms with Crippen LogP contribution >= 0.6 is 0 Å². The van der Waals surface area contributed by atoms with Crippen LogP contribution in [0.5, 0.6) is 0 Å². The van der Waals surface area contributed by atoms with Crippen molar-refractivity contribution >= 4 is 0 Å². The molecule has 0 heterocycles. The Morgan fingerprint density at radius 3 is 1.23 bits per heavy atom. The van der Waals surface area contributed by atoms with Crippen LogP contribution in [-0.4, -0.2) is 5.11 Å². The molecular weight excluding hydrogens is 316 g/mol. The molecule has 0 unspecified atom stereocenters. The van der Waals surface area contributed by atoms with Gasteiger partial charge in [0.1, 0.15) is 0 Å². The van der Waals surface area contributed by atoms with Gasteiger partial charge in [-0.25, -0.2) is 0 Å². The van der Waals surface area contributed by atoms with Crippen molar-refractivity contribution in [3.8, 4) is 33.4 Å². The van der Waals surface area contributed by atoms with Gasteiger partial charge in [-0.3, -0.25) is 0 Å². The summed E-state index contributed by atoms with van der Waals surface area (Å²) in [4.78, 5) is 0. The third-order valence-corrected chi connectivity index (χ3v) is 4.68. The Bertz CT molecular complexity index is 929. The Morgan fingerprint density at radius 1 is 0.462 bits per heavy atom. The molecule has 0 saturated heterocycles. The fourth-order valence-corrected chi connectivity index (χ4v) is 3.39. The highest BCUT2D eigenvalue weighted by molar-refractivity contribution is 5.85. The molecule has 126 valence electrons. The number of aliphatic hydroxyl groups is 1. The summed E-state index contributed by atoms with van der Waals surface area (Å²) in [5.41, 5.74) is 7.67. The van der Waals surface area contributed by atoms with Gasteiger partial charge in [-0.1, -0.05) is 91.0 Å². The van der Waals surface area contributed by atoms with Crippen LogP contribution in [0, 0.1) is 0 Å². The molecule has 0 aliphatic rings. The third-order valence-electron chi connectivity index (χ3n) is 4.68. The van der Waals surface area contributed by atoms with Crippen molar-refractivity contribution in [3.63, 3.8) is 0 Å². The molecule has 4 aromatic carbocycles. The van der Waals surface area contributed by atoms with E-state index in [9.17, 15) is 5.11 Å². The SMILES string of the molecule is OCc1c(-c2ccccc2)cc(-c2ccccc2)cc1-c1ccccc1. The summed E-state index contributed by atoms with van der Waals surface area (Å²) in [6.45, 7) is 0.00350. The summed E-state index contributed by atoms with van der Waals surface area (Å²) in [5.74, 6) is 0. The van der Waals surface area contributed by atoms with Crippen LogP contribution in [0.25, 0.3) is 33.4 Å². The zero-order valence-electron chi connectivity index (χ0n) is 14.5. The summed E-state index contributed by atoms with van der Waals surface area (Å²) < 4.78 is 0. The maximum atomic E-state index is 10.2. The second kappa shape index (κ2) is 7.38. The van der Waals surface area contributed by atoms with E-state index in [0.717, 1.165) is 33.4 Å². The van der Waals surface area contributed by atoms with Gasteiger partial charge in [0.15, 0.2) is 0 Å². The van der Waals surface area contributed by atoms with E-state index in [4.69, 9.17) is 0 Å². The fourth-order valence-electron chi connectivity index (χ4n) is 3.39. The zero-order chi connectivity index (χ0) is 17.8. The van der Waals surface area contributed by atoms with Gasteiger partial charge in [-0.15, -0.1) is 0 Å². The predicted octanol–water partition coefficient (Wildman–Crippen LogP) is 6.18. The zero-order valence-corrected chi connectivity index (χ0v) is 14.5. The maximum absolute atomic E-state index is 10.2. The normalized spacial score (nSPS) is 10.7. The van der Waals surface area contributed by atoms with Crippen LogP contribution in [0.1, 0.15) is 5.56 Å². The van der Waals surface area contributed by atoms with E-state index in [2.05, 4.69) is 60.7 Å². The van der Waals surface area contributed by atoms with E-state index in [1.54, 1.807) is 0 Å². The predicted molar refractivity (Wildman–Crippen MR) is 109 cm³/mol. The lowest BCUT2D eigenvalue weighted by atomic mass is 9.88. The van der Waals surface area contributed by atoms with Crippen molar-refractivity contribution in [2.45, 2.75) is 6.61 Å². The molecule has 26 heavy (non-hydrogen) atoms. The molecule has 4 rings (SSSR count). The molecule has 0 aromatic heterocycles.